The van der Waals surface area contributed by atoms with E-state index in [1.165, 1.54) is 0 Å². The molecule has 0 radical (unpaired) electrons. The third-order valence-corrected chi connectivity index (χ3v) is 3.79. The Balaban J connectivity index is 2.42. The third-order valence-electron chi connectivity index (χ3n) is 3.01. The molecule has 0 aliphatic rings. The van der Waals surface area contributed by atoms with Gasteiger partial charge in [0.05, 0.1) is 12.0 Å². The lowest BCUT2D eigenvalue weighted by atomic mass is 9.94. The molecule has 0 bridgehead atoms. The topological polar surface area (TPSA) is 76.7 Å². The van der Waals surface area contributed by atoms with Crippen molar-refractivity contribution in [1.82, 2.24) is 10.8 Å². The Morgan fingerprint density at radius 2 is 1.75 bits per heavy atom. The van der Waals surface area contributed by atoms with Crippen molar-refractivity contribution >= 4 is 28.0 Å². The molecular formula is C17H25BrN2O4. The van der Waals surface area contributed by atoms with Crippen LogP contribution in [0.5, 0.6) is 0 Å². The molecule has 7 heteroatoms. The maximum absolute atomic E-state index is 12.1. The molecule has 1 aromatic carbocycles. The van der Waals surface area contributed by atoms with Gasteiger partial charge in [-0.2, -0.15) is 0 Å². The molecule has 0 saturated heterocycles. The number of halogens is 1. The van der Waals surface area contributed by atoms with Crippen molar-refractivity contribution in [3.8, 4) is 0 Å². The Hall–Kier alpha value is -1.60. The van der Waals surface area contributed by atoms with Crippen molar-refractivity contribution in [3.63, 3.8) is 0 Å². The number of carbonyl (C=O) groups is 2. The summed E-state index contributed by atoms with van der Waals surface area (Å²) in [6.07, 6.45) is -0.565. The van der Waals surface area contributed by atoms with Gasteiger partial charge < -0.3 is 14.9 Å². The first-order chi connectivity index (χ1) is 11.0. The van der Waals surface area contributed by atoms with Crippen LogP contribution >= 0.6 is 15.9 Å². The second-order valence-electron chi connectivity index (χ2n) is 7.04. The maximum Gasteiger partial charge on any atom is 0.407 e. The molecule has 0 aromatic heterocycles. The number of amides is 1. The summed E-state index contributed by atoms with van der Waals surface area (Å²) in [5, 5.41) is 2.58. The van der Waals surface area contributed by atoms with Gasteiger partial charge >= 0.3 is 12.1 Å². The van der Waals surface area contributed by atoms with Gasteiger partial charge in [0.1, 0.15) is 5.60 Å². The van der Waals surface area contributed by atoms with Gasteiger partial charge in [-0.3, -0.25) is 0 Å². The lowest BCUT2D eigenvalue weighted by Crippen LogP contribution is -2.43. The SMILES string of the molecule is CC(C)(C)OC(=O)NCC(C)(C)C(=O)ONCc1ccccc1Br. The average Bonchev–Trinajstić information content (AvgIpc) is 2.45. The number of hydrogen-bond donors (Lipinski definition) is 2. The molecule has 1 amide bonds. The van der Waals surface area contributed by atoms with E-state index in [1.54, 1.807) is 34.6 Å². The molecule has 2 N–H and O–H groups in total. The van der Waals surface area contributed by atoms with Crippen LogP contribution in [0.2, 0.25) is 0 Å². The lowest BCUT2D eigenvalue weighted by Gasteiger charge is -2.24. The molecule has 0 heterocycles. The van der Waals surface area contributed by atoms with Gasteiger partial charge in [-0.15, -0.1) is 5.48 Å². The fourth-order valence-corrected chi connectivity index (χ4v) is 2.06. The minimum Gasteiger partial charge on any atom is -0.444 e. The summed E-state index contributed by atoms with van der Waals surface area (Å²) in [5.74, 6) is -0.467. The number of nitrogens with one attached hydrogen (secondary N) is 2. The van der Waals surface area contributed by atoms with E-state index in [9.17, 15) is 9.59 Å². The van der Waals surface area contributed by atoms with Crippen molar-refractivity contribution in [2.45, 2.75) is 46.8 Å². The summed E-state index contributed by atoms with van der Waals surface area (Å²) < 4.78 is 6.07. The summed E-state index contributed by atoms with van der Waals surface area (Å²) in [7, 11) is 0. The Morgan fingerprint density at radius 3 is 2.33 bits per heavy atom. The first kappa shape index (κ1) is 20.4. The Kier molecular flexibility index (Phi) is 7.23. The smallest absolute Gasteiger partial charge is 0.407 e. The van der Waals surface area contributed by atoms with Crippen LogP contribution in [-0.2, 0) is 20.9 Å². The fraction of sp³-hybridized carbons (Fsp3) is 0.529. The molecular weight excluding hydrogens is 376 g/mol. The van der Waals surface area contributed by atoms with E-state index in [-0.39, 0.29) is 6.54 Å². The minimum absolute atomic E-state index is 0.109. The van der Waals surface area contributed by atoms with Crippen LogP contribution in [0.3, 0.4) is 0 Å². The van der Waals surface area contributed by atoms with Crippen LogP contribution in [0.25, 0.3) is 0 Å². The molecule has 0 aliphatic heterocycles. The fourth-order valence-electron chi connectivity index (χ4n) is 1.64. The third kappa shape index (κ3) is 7.31. The Morgan fingerprint density at radius 1 is 1.12 bits per heavy atom. The highest BCUT2D eigenvalue weighted by atomic mass is 79.9. The largest absolute Gasteiger partial charge is 0.444 e. The maximum atomic E-state index is 12.1. The average molecular weight is 401 g/mol. The van der Waals surface area contributed by atoms with Crippen molar-refractivity contribution in [2.24, 2.45) is 5.41 Å². The highest BCUT2D eigenvalue weighted by Gasteiger charge is 2.31. The van der Waals surface area contributed by atoms with Crippen LogP contribution in [-0.4, -0.2) is 24.2 Å². The van der Waals surface area contributed by atoms with Crippen LogP contribution in [0.1, 0.15) is 40.2 Å². The lowest BCUT2D eigenvalue weighted by molar-refractivity contribution is -0.161. The monoisotopic (exact) mass is 400 g/mol. The number of benzene rings is 1. The van der Waals surface area contributed by atoms with Crippen LogP contribution < -0.4 is 10.8 Å². The molecule has 0 spiro atoms. The standard InChI is InChI=1S/C17H25BrN2O4/c1-16(2,3)23-15(22)19-11-17(4,5)14(21)24-20-10-12-8-6-7-9-13(12)18/h6-9,20H,10-11H2,1-5H3,(H,19,22). The van der Waals surface area contributed by atoms with Gasteiger partial charge in [0, 0.05) is 11.0 Å². The van der Waals surface area contributed by atoms with Gasteiger partial charge in [0.25, 0.3) is 0 Å². The summed E-state index contributed by atoms with van der Waals surface area (Å²) in [5.41, 5.74) is 2.14. The van der Waals surface area contributed by atoms with Crippen LogP contribution in [0.4, 0.5) is 4.79 Å². The summed E-state index contributed by atoms with van der Waals surface area (Å²) in [6.45, 7) is 9.19. The highest BCUT2D eigenvalue weighted by Crippen LogP contribution is 2.18. The number of rotatable bonds is 6. The van der Waals surface area contributed by atoms with Crippen LogP contribution in [0, 0.1) is 5.41 Å². The number of carbonyl (C=O) groups excluding carboxylic acids is 2. The molecule has 1 aromatic rings. The molecule has 0 atom stereocenters. The van der Waals surface area contributed by atoms with Crippen LogP contribution in [0.15, 0.2) is 28.7 Å². The summed E-state index contributed by atoms with van der Waals surface area (Å²) in [6, 6.07) is 7.64. The zero-order chi connectivity index (χ0) is 18.4. The van der Waals surface area contributed by atoms with Gasteiger partial charge in [-0.1, -0.05) is 34.1 Å². The Labute approximate surface area is 151 Å². The van der Waals surface area contributed by atoms with E-state index in [2.05, 4.69) is 26.7 Å². The molecule has 0 unspecified atom stereocenters. The second kappa shape index (κ2) is 8.48. The zero-order valence-electron chi connectivity index (χ0n) is 14.7. The van der Waals surface area contributed by atoms with Crippen molar-refractivity contribution in [2.75, 3.05) is 6.54 Å². The van der Waals surface area contributed by atoms with Gasteiger partial charge in [0.15, 0.2) is 0 Å². The number of hydrogen-bond acceptors (Lipinski definition) is 5. The molecule has 0 saturated carbocycles. The zero-order valence-corrected chi connectivity index (χ0v) is 16.3. The summed E-state index contributed by atoms with van der Waals surface area (Å²) in [4.78, 5) is 28.9. The first-order valence-electron chi connectivity index (χ1n) is 7.66. The van der Waals surface area contributed by atoms with Gasteiger partial charge in [0.2, 0.25) is 0 Å². The van der Waals surface area contributed by atoms with E-state index in [4.69, 9.17) is 9.57 Å². The predicted molar refractivity (Wildman–Crippen MR) is 95.1 cm³/mol. The van der Waals surface area contributed by atoms with Gasteiger partial charge in [-0.25, -0.2) is 9.59 Å². The van der Waals surface area contributed by atoms with Gasteiger partial charge in [-0.05, 0) is 46.2 Å². The molecule has 134 valence electrons. The highest BCUT2D eigenvalue weighted by molar-refractivity contribution is 9.10. The van der Waals surface area contributed by atoms with E-state index < -0.39 is 23.1 Å². The van der Waals surface area contributed by atoms with E-state index >= 15 is 0 Å². The molecule has 0 aliphatic carbocycles. The molecule has 0 fully saturated rings. The van der Waals surface area contributed by atoms with Crippen molar-refractivity contribution in [1.29, 1.82) is 0 Å². The predicted octanol–water partition coefficient (Wildman–Crippen LogP) is 3.55. The molecule has 1 rings (SSSR count). The van der Waals surface area contributed by atoms with Crippen molar-refractivity contribution in [3.05, 3.63) is 34.3 Å². The van der Waals surface area contributed by atoms with E-state index in [1.807, 2.05) is 24.3 Å². The van der Waals surface area contributed by atoms with E-state index in [0.717, 1.165) is 10.0 Å². The minimum atomic E-state index is -0.891. The Bertz CT molecular complexity index is 582. The van der Waals surface area contributed by atoms with Crippen molar-refractivity contribution < 1.29 is 19.2 Å². The normalized spacial score (nSPS) is 11.8. The quantitative estimate of drug-likeness (QED) is 0.713. The second-order valence-corrected chi connectivity index (χ2v) is 7.90. The van der Waals surface area contributed by atoms with E-state index in [0.29, 0.717) is 6.54 Å². The number of ether oxygens (including phenoxy) is 1. The molecule has 24 heavy (non-hydrogen) atoms. The summed E-state index contributed by atoms with van der Waals surface area (Å²) >= 11 is 3.43. The first-order valence-corrected chi connectivity index (χ1v) is 8.45. The number of alkyl carbamates (subject to hydrolysis) is 1. The molecule has 6 nitrogen and oxygen atoms in total. The number of hydroxylamine groups is 1.